The van der Waals surface area contributed by atoms with Crippen molar-refractivity contribution in [2.75, 3.05) is 18.4 Å². The number of hydrogen-bond acceptors (Lipinski definition) is 3. The Hall–Kier alpha value is -1.29. The van der Waals surface area contributed by atoms with E-state index in [0.29, 0.717) is 6.54 Å². The van der Waals surface area contributed by atoms with E-state index >= 15 is 0 Å². The van der Waals surface area contributed by atoms with Crippen molar-refractivity contribution in [1.82, 2.24) is 4.57 Å². The quantitative estimate of drug-likeness (QED) is 0.751. The van der Waals surface area contributed by atoms with Crippen LogP contribution in [0.25, 0.3) is 0 Å². The normalized spacial score (nSPS) is 13.7. The maximum atomic E-state index is 11.7. The van der Waals surface area contributed by atoms with Gasteiger partial charge < -0.3 is 11.1 Å². The summed E-state index contributed by atoms with van der Waals surface area (Å²) < 4.78 is 1.81. The lowest BCUT2D eigenvalue weighted by atomic mass is 10.0. The van der Waals surface area contributed by atoms with Crippen LogP contribution in [0.3, 0.4) is 0 Å². The largest absolute Gasteiger partial charge is 0.369 e. The molecular weight excluding hydrogens is 190 g/mol. The van der Waals surface area contributed by atoms with Crippen molar-refractivity contribution in [2.45, 2.75) is 26.3 Å². The molecule has 1 aliphatic heterocycles. The number of hydrogen-bond donors (Lipinski definition) is 2. The van der Waals surface area contributed by atoms with Gasteiger partial charge in [-0.2, -0.15) is 0 Å². The van der Waals surface area contributed by atoms with Gasteiger partial charge in [0.05, 0.1) is 0 Å². The Kier molecular flexibility index (Phi) is 2.77. The first-order chi connectivity index (χ1) is 7.27. The van der Waals surface area contributed by atoms with Gasteiger partial charge in [0.25, 0.3) is 5.56 Å². The summed E-state index contributed by atoms with van der Waals surface area (Å²) in [6, 6.07) is 1.75. The third-order valence-electron chi connectivity index (χ3n) is 2.91. The second-order valence-electron chi connectivity index (χ2n) is 3.81. The first kappa shape index (κ1) is 10.2. The Morgan fingerprint density at radius 3 is 3.07 bits per heavy atom. The average molecular weight is 207 g/mol. The van der Waals surface area contributed by atoms with Crippen LogP contribution in [0, 0.1) is 0 Å². The van der Waals surface area contributed by atoms with Crippen molar-refractivity contribution in [3.63, 3.8) is 0 Å². The summed E-state index contributed by atoms with van der Waals surface area (Å²) in [7, 11) is 0. The predicted octanol–water partition coefficient (Wildman–Crippen LogP) is 0.337. The van der Waals surface area contributed by atoms with Crippen LogP contribution in [-0.4, -0.2) is 17.7 Å². The van der Waals surface area contributed by atoms with E-state index < -0.39 is 0 Å². The Morgan fingerprint density at radius 2 is 2.40 bits per heavy atom. The van der Waals surface area contributed by atoms with E-state index in [1.807, 2.05) is 4.57 Å². The van der Waals surface area contributed by atoms with Crippen LogP contribution in [-0.2, 0) is 19.4 Å². The van der Waals surface area contributed by atoms with Gasteiger partial charge in [-0.3, -0.25) is 9.36 Å². The number of nitrogens with two attached hydrogens (primary N) is 1. The zero-order valence-electron chi connectivity index (χ0n) is 9.05. The molecule has 0 aliphatic carbocycles. The Bertz CT molecular complexity index is 423. The van der Waals surface area contributed by atoms with Gasteiger partial charge in [0.15, 0.2) is 0 Å². The highest BCUT2D eigenvalue weighted by Gasteiger charge is 2.17. The summed E-state index contributed by atoms with van der Waals surface area (Å²) in [4.78, 5) is 11.7. The third-order valence-corrected chi connectivity index (χ3v) is 2.91. The zero-order valence-corrected chi connectivity index (χ0v) is 9.05. The number of nitrogens with one attached hydrogen (secondary N) is 1. The van der Waals surface area contributed by atoms with E-state index in [1.54, 1.807) is 6.07 Å². The van der Waals surface area contributed by atoms with Crippen molar-refractivity contribution < 1.29 is 0 Å². The number of aryl methyl sites for hydroxylation is 1. The fourth-order valence-electron chi connectivity index (χ4n) is 2.19. The van der Waals surface area contributed by atoms with Crippen LogP contribution >= 0.6 is 0 Å². The maximum Gasteiger partial charge on any atom is 0.252 e. The zero-order chi connectivity index (χ0) is 10.8. The van der Waals surface area contributed by atoms with Crippen LogP contribution in [0.1, 0.15) is 18.1 Å². The Labute approximate surface area is 89.1 Å². The van der Waals surface area contributed by atoms with Gasteiger partial charge in [0.2, 0.25) is 0 Å². The number of anilines is 1. The van der Waals surface area contributed by atoms with Gasteiger partial charge >= 0.3 is 0 Å². The van der Waals surface area contributed by atoms with Crippen molar-refractivity contribution in [2.24, 2.45) is 5.73 Å². The molecule has 0 spiro atoms. The number of rotatable bonds is 3. The van der Waals surface area contributed by atoms with Crippen LogP contribution in [0.15, 0.2) is 10.9 Å². The van der Waals surface area contributed by atoms with E-state index in [4.69, 9.17) is 5.73 Å². The monoisotopic (exact) mass is 207 g/mol. The van der Waals surface area contributed by atoms with E-state index in [-0.39, 0.29) is 5.56 Å². The highest BCUT2D eigenvalue weighted by atomic mass is 16.1. The van der Waals surface area contributed by atoms with Gasteiger partial charge in [0, 0.05) is 19.2 Å². The van der Waals surface area contributed by atoms with E-state index in [2.05, 4.69) is 12.2 Å². The van der Waals surface area contributed by atoms with Crippen LogP contribution in [0.5, 0.6) is 0 Å². The molecule has 15 heavy (non-hydrogen) atoms. The lowest BCUT2D eigenvalue weighted by Crippen LogP contribution is -2.20. The summed E-state index contributed by atoms with van der Waals surface area (Å²) in [5.41, 5.74) is 8.06. The summed E-state index contributed by atoms with van der Waals surface area (Å²) in [5, 5.41) is 3.28. The molecule has 1 aromatic rings. The number of pyridine rings is 1. The molecule has 0 unspecified atom stereocenters. The predicted molar refractivity (Wildman–Crippen MR) is 61.3 cm³/mol. The van der Waals surface area contributed by atoms with Gasteiger partial charge in [-0.25, -0.2) is 0 Å². The average Bonchev–Trinajstić information content (AvgIpc) is 2.71. The molecule has 0 aromatic carbocycles. The highest BCUT2D eigenvalue weighted by Crippen LogP contribution is 2.22. The summed E-state index contributed by atoms with van der Waals surface area (Å²) in [6.07, 6.45) is 1.73. The molecule has 0 bridgehead atoms. The fraction of sp³-hybridized carbons (Fsp3) is 0.545. The minimum atomic E-state index is 0.104. The molecular formula is C11H17N3O. The van der Waals surface area contributed by atoms with E-state index in [0.717, 1.165) is 37.3 Å². The Balaban J connectivity index is 2.59. The van der Waals surface area contributed by atoms with Crippen LogP contribution in [0.2, 0.25) is 0 Å². The molecule has 0 amide bonds. The van der Waals surface area contributed by atoms with Gasteiger partial charge in [-0.05, 0) is 30.5 Å². The summed E-state index contributed by atoms with van der Waals surface area (Å²) in [5.74, 6) is 0.991. The first-order valence-corrected chi connectivity index (χ1v) is 5.47. The molecule has 0 atom stereocenters. The van der Waals surface area contributed by atoms with E-state index in [1.165, 1.54) is 5.56 Å². The molecule has 3 N–H and O–H groups in total. The van der Waals surface area contributed by atoms with Crippen molar-refractivity contribution in [3.05, 3.63) is 27.5 Å². The van der Waals surface area contributed by atoms with Crippen LogP contribution in [0.4, 0.5) is 5.82 Å². The molecule has 0 fully saturated rings. The topological polar surface area (TPSA) is 60.0 Å². The smallest absolute Gasteiger partial charge is 0.252 e. The van der Waals surface area contributed by atoms with Gasteiger partial charge in [-0.15, -0.1) is 0 Å². The SMILES string of the molecule is CCc1cc(=O)n2c(c1CCN)NCC2. The minimum absolute atomic E-state index is 0.104. The van der Waals surface area contributed by atoms with Gasteiger partial charge in [0.1, 0.15) is 5.82 Å². The number of aromatic nitrogens is 1. The third kappa shape index (κ3) is 1.65. The molecule has 0 saturated carbocycles. The molecule has 4 heteroatoms. The fourth-order valence-corrected chi connectivity index (χ4v) is 2.19. The number of fused-ring (bicyclic) bond motifs is 1. The molecule has 82 valence electrons. The van der Waals surface area contributed by atoms with Crippen LogP contribution < -0.4 is 16.6 Å². The molecule has 2 heterocycles. The van der Waals surface area contributed by atoms with E-state index in [9.17, 15) is 4.79 Å². The van der Waals surface area contributed by atoms with Crippen molar-refractivity contribution >= 4 is 5.82 Å². The minimum Gasteiger partial charge on any atom is -0.369 e. The molecule has 0 radical (unpaired) electrons. The Morgan fingerprint density at radius 1 is 1.60 bits per heavy atom. The lowest BCUT2D eigenvalue weighted by Gasteiger charge is -2.13. The standard InChI is InChI=1S/C11H17N3O/c1-2-8-7-10(15)14-6-5-13-11(14)9(8)3-4-12/h7,13H,2-6,12H2,1H3. The summed E-state index contributed by atoms with van der Waals surface area (Å²) in [6.45, 7) is 4.32. The second kappa shape index (κ2) is 4.06. The second-order valence-corrected chi connectivity index (χ2v) is 3.81. The number of nitrogens with zero attached hydrogens (tertiary/aromatic N) is 1. The maximum absolute atomic E-state index is 11.7. The first-order valence-electron chi connectivity index (χ1n) is 5.47. The molecule has 4 nitrogen and oxygen atoms in total. The molecule has 1 aromatic heterocycles. The van der Waals surface area contributed by atoms with Gasteiger partial charge in [-0.1, -0.05) is 6.92 Å². The van der Waals surface area contributed by atoms with Crippen molar-refractivity contribution in [1.29, 1.82) is 0 Å². The van der Waals surface area contributed by atoms with Crippen molar-refractivity contribution in [3.8, 4) is 0 Å². The summed E-state index contributed by atoms with van der Waals surface area (Å²) >= 11 is 0. The highest BCUT2D eigenvalue weighted by molar-refractivity contribution is 5.51. The molecule has 1 aliphatic rings. The molecule has 0 saturated heterocycles. The lowest BCUT2D eigenvalue weighted by molar-refractivity contribution is 0.760. The molecule has 2 rings (SSSR count).